The molecule has 0 radical (unpaired) electrons. The molecule has 18 heavy (non-hydrogen) atoms. The van der Waals surface area contributed by atoms with Crippen LogP contribution < -0.4 is 0 Å². The summed E-state index contributed by atoms with van der Waals surface area (Å²) in [6.07, 6.45) is 0. The topological polar surface area (TPSA) is 26.3 Å². The number of hydrogen-bond acceptors (Lipinski definition) is 2. The summed E-state index contributed by atoms with van der Waals surface area (Å²) in [4.78, 5) is 0. The van der Waals surface area contributed by atoms with Gasteiger partial charge >= 0.3 is 0 Å². The maximum Gasteiger partial charge on any atom is 0.208 e. The number of halogens is 2. The van der Waals surface area contributed by atoms with Crippen LogP contribution >= 0.6 is 0 Å². The average Bonchev–Trinajstić information content (AvgIpc) is 2.82. The molecule has 0 N–H and O–H groups in total. The van der Waals surface area contributed by atoms with E-state index in [1.165, 1.54) is 12.1 Å². The van der Waals surface area contributed by atoms with Crippen molar-refractivity contribution in [2.45, 2.75) is 39.5 Å². The molecule has 2 nitrogen and oxygen atoms in total. The molecule has 0 aliphatic carbocycles. The first kappa shape index (κ1) is 12.9. The van der Waals surface area contributed by atoms with Gasteiger partial charge in [0.15, 0.2) is 11.6 Å². The van der Waals surface area contributed by atoms with E-state index >= 15 is 0 Å². The molecule has 0 aromatic carbocycles. The zero-order valence-corrected chi connectivity index (χ0v) is 10.9. The van der Waals surface area contributed by atoms with Crippen LogP contribution in [0.15, 0.2) is 21.0 Å². The minimum absolute atomic E-state index is 0.0378. The molecule has 4 heteroatoms. The normalized spacial score (nSPS) is 11.8. The Labute approximate surface area is 105 Å². The molecule has 0 saturated carbocycles. The second kappa shape index (κ2) is 4.59. The predicted octanol–water partition coefficient (Wildman–Crippen LogP) is 5.06. The fraction of sp³-hybridized carbons (Fsp3) is 0.429. The van der Waals surface area contributed by atoms with Crippen LogP contribution in [-0.4, -0.2) is 0 Å². The third-order valence-corrected chi connectivity index (χ3v) is 2.76. The molecule has 2 aromatic heterocycles. The maximum atomic E-state index is 13.7. The van der Waals surface area contributed by atoms with Crippen LogP contribution in [0.25, 0.3) is 11.5 Å². The van der Waals surface area contributed by atoms with Crippen LogP contribution in [0.3, 0.4) is 0 Å². The second-order valence-electron chi connectivity index (χ2n) is 4.96. The summed E-state index contributed by atoms with van der Waals surface area (Å²) in [5.41, 5.74) is 0. The molecule has 0 aliphatic rings. The van der Waals surface area contributed by atoms with E-state index in [-0.39, 0.29) is 23.4 Å². The molecular formula is C14H16F2O2. The summed E-state index contributed by atoms with van der Waals surface area (Å²) >= 11 is 0. The number of hydrogen-bond donors (Lipinski definition) is 0. The molecule has 0 aliphatic heterocycles. The summed E-state index contributed by atoms with van der Waals surface area (Å²) < 4.78 is 38.1. The van der Waals surface area contributed by atoms with Crippen LogP contribution in [0.5, 0.6) is 0 Å². The Balaban J connectivity index is 2.48. The highest BCUT2D eigenvalue weighted by Crippen LogP contribution is 2.34. The van der Waals surface area contributed by atoms with Crippen molar-refractivity contribution in [3.63, 3.8) is 0 Å². The van der Waals surface area contributed by atoms with Crippen molar-refractivity contribution in [2.75, 3.05) is 0 Å². The molecule has 0 atom stereocenters. The summed E-state index contributed by atoms with van der Waals surface area (Å²) in [6, 6.07) is 2.55. The average molecular weight is 254 g/mol. The highest BCUT2D eigenvalue weighted by atomic mass is 19.1. The third-order valence-electron chi connectivity index (χ3n) is 2.76. The first-order valence-electron chi connectivity index (χ1n) is 5.99. The third kappa shape index (κ3) is 2.19. The molecule has 0 spiro atoms. The maximum absolute atomic E-state index is 13.7. The SMILES string of the molecule is CC(C)c1cc(F)c(-c2oc(C(C)C)cc2F)o1. The lowest BCUT2D eigenvalue weighted by molar-refractivity contribution is 0.437. The molecule has 0 amide bonds. The first-order chi connectivity index (χ1) is 8.40. The van der Waals surface area contributed by atoms with Crippen molar-refractivity contribution in [3.05, 3.63) is 35.3 Å². The summed E-state index contributed by atoms with van der Waals surface area (Å²) in [6.45, 7) is 7.50. The van der Waals surface area contributed by atoms with Gasteiger partial charge in [0, 0.05) is 24.0 Å². The van der Waals surface area contributed by atoms with Gasteiger partial charge in [-0.2, -0.15) is 0 Å². The molecule has 0 unspecified atom stereocenters. The Morgan fingerprint density at radius 1 is 0.778 bits per heavy atom. The van der Waals surface area contributed by atoms with Crippen molar-refractivity contribution in [1.29, 1.82) is 0 Å². The van der Waals surface area contributed by atoms with Gasteiger partial charge in [-0.25, -0.2) is 8.78 Å². The minimum atomic E-state index is -0.595. The summed E-state index contributed by atoms with van der Waals surface area (Å²) in [5, 5.41) is 0. The van der Waals surface area contributed by atoms with E-state index < -0.39 is 11.6 Å². The van der Waals surface area contributed by atoms with Crippen molar-refractivity contribution < 1.29 is 17.6 Å². The van der Waals surface area contributed by atoms with Gasteiger partial charge < -0.3 is 8.83 Å². The van der Waals surface area contributed by atoms with Crippen LogP contribution in [0.4, 0.5) is 8.78 Å². The van der Waals surface area contributed by atoms with Gasteiger partial charge in [-0.3, -0.25) is 0 Å². The van der Waals surface area contributed by atoms with Gasteiger partial charge in [-0.05, 0) is 0 Å². The number of rotatable bonds is 3. The van der Waals surface area contributed by atoms with Crippen LogP contribution in [0.1, 0.15) is 51.1 Å². The highest BCUT2D eigenvalue weighted by molar-refractivity contribution is 5.53. The van der Waals surface area contributed by atoms with Crippen molar-refractivity contribution >= 4 is 0 Å². The monoisotopic (exact) mass is 254 g/mol. The smallest absolute Gasteiger partial charge is 0.208 e. The zero-order valence-electron chi connectivity index (χ0n) is 10.9. The van der Waals surface area contributed by atoms with Gasteiger partial charge in [0.25, 0.3) is 0 Å². The lowest BCUT2D eigenvalue weighted by Crippen LogP contribution is -1.81. The lowest BCUT2D eigenvalue weighted by Gasteiger charge is -1.99. The standard InChI is InChI=1S/C14H16F2O2/c1-7(2)11-5-9(15)13(17-11)14-10(16)6-12(18-14)8(3)4/h5-8H,1-4H3. The molecule has 2 aromatic rings. The van der Waals surface area contributed by atoms with Gasteiger partial charge in [0.05, 0.1) is 0 Å². The first-order valence-corrected chi connectivity index (χ1v) is 5.99. The quantitative estimate of drug-likeness (QED) is 0.764. The van der Waals surface area contributed by atoms with Crippen molar-refractivity contribution in [3.8, 4) is 11.5 Å². The lowest BCUT2D eigenvalue weighted by atomic mass is 10.1. The zero-order chi connectivity index (χ0) is 13.4. The second-order valence-corrected chi connectivity index (χ2v) is 4.96. The molecule has 0 fully saturated rings. The van der Waals surface area contributed by atoms with E-state index in [4.69, 9.17) is 8.83 Å². The van der Waals surface area contributed by atoms with E-state index in [0.717, 1.165) is 0 Å². The van der Waals surface area contributed by atoms with E-state index in [1.54, 1.807) is 0 Å². The Hall–Kier alpha value is -1.58. The van der Waals surface area contributed by atoms with Crippen molar-refractivity contribution in [2.24, 2.45) is 0 Å². The molecule has 2 rings (SSSR count). The molecule has 0 saturated heterocycles. The Kier molecular flexibility index (Phi) is 3.28. The van der Waals surface area contributed by atoms with Gasteiger partial charge in [-0.1, -0.05) is 27.7 Å². The predicted molar refractivity (Wildman–Crippen MR) is 64.5 cm³/mol. The van der Waals surface area contributed by atoms with E-state index in [1.807, 2.05) is 27.7 Å². The van der Waals surface area contributed by atoms with Gasteiger partial charge in [-0.15, -0.1) is 0 Å². The van der Waals surface area contributed by atoms with Crippen LogP contribution in [-0.2, 0) is 0 Å². The van der Waals surface area contributed by atoms with E-state index in [0.29, 0.717) is 11.5 Å². The highest BCUT2D eigenvalue weighted by Gasteiger charge is 2.23. The van der Waals surface area contributed by atoms with E-state index in [9.17, 15) is 8.78 Å². The van der Waals surface area contributed by atoms with Gasteiger partial charge in [0.1, 0.15) is 11.5 Å². The minimum Gasteiger partial charge on any atom is -0.454 e. The van der Waals surface area contributed by atoms with E-state index in [2.05, 4.69) is 0 Å². The molecular weight excluding hydrogens is 238 g/mol. The molecule has 0 bridgehead atoms. The Morgan fingerprint density at radius 2 is 1.11 bits per heavy atom. The fourth-order valence-electron chi connectivity index (χ4n) is 1.65. The van der Waals surface area contributed by atoms with Crippen LogP contribution in [0, 0.1) is 11.6 Å². The Morgan fingerprint density at radius 3 is 1.33 bits per heavy atom. The molecule has 2 heterocycles. The Bertz CT molecular complexity index is 500. The fourth-order valence-corrected chi connectivity index (χ4v) is 1.65. The summed E-state index contributed by atoms with van der Waals surface area (Å²) in [5.74, 6) is -0.490. The summed E-state index contributed by atoms with van der Waals surface area (Å²) in [7, 11) is 0. The number of furan rings is 2. The van der Waals surface area contributed by atoms with Crippen LogP contribution in [0.2, 0.25) is 0 Å². The van der Waals surface area contributed by atoms with Gasteiger partial charge in [0.2, 0.25) is 11.5 Å². The molecule has 98 valence electrons. The largest absolute Gasteiger partial charge is 0.454 e. The van der Waals surface area contributed by atoms with Crippen molar-refractivity contribution in [1.82, 2.24) is 0 Å².